The molecule has 170 valence electrons. The highest BCUT2D eigenvalue weighted by Crippen LogP contribution is 2.33. The summed E-state index contributed by atoms with van der Waals surface area (Å²) in [7, 11) is 0. The highest BCUT2D eigenvalue weighted by Gasteiger charge is 2.10. The van der Waals surface area contributed by atoms with Crippen molar-refractivity contribution in [3.05, 3.63) is 78.4 Å². The van der Waals surface area contributed by atoms with Crippen LogP contribution < -0.4 is 4.74 Å². The predicted octanol–water partition coefficient (Wildman–Crippen LogP) is 8.86. The normalized spacial score (nSPS) is 12.0. The summed E-state index contributed by atoms with van der Waals surface area (Å²) in [6.45, 7) is 8.19. The summed E-state index contributed by atoms with van der Waals surface area (Å²) in [5.41, 5.74) is 6.14. The Labute approximate surface area is 194 Å². The van der Waals surface area contributed by atoms with Crippen LogP contribution in [0.2, 0.25) is 0 Å². The average Bonchev–Trinajstić information content (AvgIpc) is 2.85. The van der Waals surface area contributed by atoms with Crippen LogP contribution >= 0.6 is 0 Å². The molecule has 0 fully saturated rings. The van der Waals surface area contributed by atoms with E-state index in [1.54, 1.807) is 0 Å². The minimum absolute atomic E-state index is 0.126. The molecule has 32 heavy (non-hydrogen) atoms. The standard InChI is InChI=1S/C30H38O2/c1-4-6-10-22-31-24(3)25-14-16-26(17-15-25)29-12-8-9-13-30(29)27-18-20-28(21-19-27)32-23-11-7-5-2/h8-9,12-21,24H,4-7,10-11,22-23H2,1-3H3. The van der Waals surface area contributed by atoms with Gasteiger partial charge in [-0.1, -0.05) is 100 Å². The SMILES string of the molecule is CCCCCOc1ccc(-c2ccccc2-c2ccc(C(C)OCCCCC)cc2)cc1. The van der Waals surface area contributed by atoms with Gasteiger partial charge >= 0.3 is 0 Å². The predicted molar refractivity (Wildman–Crippen MR) is 136 cm³/mol. The maximum absolute atomic E-state index is 6.01. The summed E-state index contributed by atoms with van der Waals surface area (Å²) in [6, 6.07) is 25.9. The lowest BCUT2D eigenvalue weighted by Gasteiger charge is -2.15. The summed E-state index contributed by atoms with van der Waals surface area (Å²) in [5.74, 6) is 0.944. The van der Waals surface area contributed by atoms with Gasteiger partial charge in [-0.2, -0.15) is 0 Å². The molecule has 1 unspecified atom stereocenters. The van der Waals surface area contributed by atoms with Crippen molar-refractivity contribution >= 4 is 0 Å². The van der Waals surface area contributed by atoms with Crippen molar-refractivity contribution in [2.45, 2.75) is 65.4 Å². The molecule has 3 rings (SSSR count). The lowest BCUT2D eigenvalue weighted by Crippen LogP contribution is -2.01. The summed E-state index contributed by atoms with van der Waals surface area (Å²) < 4.78 is 11.9. The lowest BCUT2D eigenvalue weighted by atomic mass is 9.94. The number of hydrogen-bond acceptors (Lipinski definition) is 2. The highest BCUT2D eigenvalue weighted by molar-refractivity contribution is 5.83. The second-order valence-corrected chi connectivity index (χ2v) is 8.47. The molecule has 0 radical (unpaired) electrons. The molecule has 0 heterocycles. The van der Waals surface area contributed by atoms with E-state index < -0.39 is 0 Å². The van der Waals surface area contributed by atoms with Crippen molar-refractivity contribution < 1.29 is 9.47 Å². The van der Waals surface area contributed by atoms with E-state index in [0.29, 0.717) is 0 Å². The van der Waals surface area contributed by atoms with Gasteiger partial charge < -0.3 is 9.47 Å². The topological polar surface area (TPSA) is 18.5 Å². The zero-order chi connectivity index (χ0) is 22.6. The van der Waals surface area contributed by atoms with E-state index in [-0.39, 0.29) is 6.10 Å². The molecular formula is C30H38O2. The first-order valence-corrected chi connectivity index (χ1v) is 12.3. The number of rotatable bonds is 13. The maximum Gasteiger partial charge on any atom is 0.119 e. The molecule has 0 saturated carbocycles. The fraction of sp³-hybridized carbons (Fsp3) is 0.400. The molecule has 2 heteroatoms. The van der Waals surface area contributed by atoms with Gasteiger partial charge in [0.25, 0.3) is 0 Å². The van der Waals surface area contributed by atoms with Gasteiger partial charge in [0, 0.05) is 6.61 Å². The van der Waals surface area contributed by atoms with Crippen molar-refractivity contribution in [2.24, 2.45) is 0 Å². The Morgan fingerprint density at radius 2 is 1.16 bits per heavy atom. The Bertz CT molecular complexity index is 912. The van der Waals surface area contributed by atoms with Gasteiger partial charge in [0.1, 0.15) is 5.75 Å². The summed E-state index contributed by atoms with van der Waals surface area (Å²) in [5, 5.41) is 0. The van der Waals surface area contributed by atoms with E-state index in [2.05, 4.69) is 93.6 Å². The van der Waals surface area contributed by atoms with Crippen molar-refractivity contribution in [1.29, 1.82) is 0 Å². The van der Waals surface area contributed by atoms with Gasteiger partial charge in [0.05, 0.1) is 12.7 Å². The molecule has 0 N–H and O–H groups in total. The van der Waals surface area contributed by atoms with Crippen LogP contribution in [0.1, 0.15) is 71.0 Å². The summed E-state index contributed by atoms with van der Waals surface area (Å²) >= 11 is 0. The second-order valence-electron chi connectivity index (χ2n) is 8.47. The van der Waals surface area contributed by atoms with Crippen molar-refractivity contribution in [1.82, 2.24) is 0 Å². The van der Waals surface area contributed by atoms with Gasteiger partial charge in [0.2, 0.25) is 0 Å². The molecule has 3 aromatic rings. The number of unbranched alkanes of at least 4 members (excludes halogenated alkanes) is 4. The first-order chi connectivity index (χ1) is 15.7. The average molecular weight is 431 g/mol. The third kappa shape index (κ3) is 6.97. The van der Waals surface area contributed by atoms with Crippen LogP contribution in [0.15, 0.2) is 72.8 Å². The molecule has 0 aliphatic carbocycles. The number of ether oxygens (including phenoxy) is 2. The summed E-state index contributed by atoms with van der Waals surface area (Å²) in [4.78, 5) is 0. The lowest BCUT2D eigenvalue weighted by molar-refractivity contribution is 0.0630. The first-order valence-electron chi connectivity index (χ1n) is 12.3. The fourth-order valence-corrected chi connectivity index (χ4v) is 3.90. The van der Waals surface area contributed by atoms with Gasteiger partial charge in [-0.15, -0.1) is 0 Å². The van der Waals surface area contributed by atoms with E-state index in [9.17, 15) is 0 Å². The Morgan fingerprint density at radius 1 is 0.625 bits per heavy atom. The Kier molecular flexibility index (Phi) is 9.84. The zero-order valence-corrected chi connectivity index (χ0v) is 20.0. The molecule has 2 nitrogen and oxygen atoms in total. The smallest absolute Gasteiger partial charge is 0.119 e. The highest BCUT2D eigenvalue weighted by atomic mass is 16.5. The van der Waals surface area contributed by atoms with Crippen LogP contribution in [0.3, 0.4) is 0 Å². The number of benzene rings is 3. The molecule has 0 saturated heterocycles. The van der Waals surface area contributed by atoms with Crippen LogP contribution in [0.5, 0.6) is 5.75 Å². The van der Waals surface area contributed by atoms with Gasteiger partial charge in [-0.05, 0) is 59.7 Å². The van der Waals surface area contributed by atoms with E-state index in [1.807, 2.05) is 0 Å². The fourth-order valence-electron chi connectivity index (χ4n) is 3.90. The molecule has 1 atom stereocenters. The quantitative estimate of drug-likeness (QED) is 0.252. The van der Waals surface area contributed by atoms with E-state index >= 15 is 0 Å². The van der Waals surface area contributed by atoms with Gasteiger partial charge in [-0.25, -0.2) is 0 Å². The minimum Gasteiger partial charge on any atom is -0.494 e. The third-order valence-electron chi connectivity index (χ3n) is 5.92. The molecule has 0 aliphatic rings. The maximum atomic E-state index is 6.01. The third-order valence-corrected chi connectivity index (χ3v) is 5.92. The van der Waals surface area contributed by atoms with Crippen LogP contribution in [0.4, 0.5) is 0 Å². The molecular weight excluding hydrogens is 392 g/mol. The molecule has 0 aromatic heterocycles. The summed E-state index contributed by atoms with van der Waals surface area (Å²) in [6.07, 6.45) is 7.25. The van der Waals surface area contributed by atoms with Gasteiger partial charge in [-0.3, -0.25) is 0 Å². The largest absolute Gasteiger partial charge is 0.494 e. The minimum atomic E-state index is 0.126. The molecule has 0 bridgehead atoms. The Hall–Kier alpha value is -2.58. The molecule has 3 aromatic carbocycles. The zero-order valence-electron chi connectivity index (χ0n) is 20.0. The van der Waals surface area contributed by atoms with Crippen LogP contribution in [0.25, 0.3) is 22.3 Å². The van der Waals surface area contributed by atoms with Crippen LogP contribution in [-0.2, 0) is 4.74 Å². The van der Waals surface area contributed by atoms with Crippen LogP contribution in [0, 0.1) is 0 Å². The Balaban J connectivity index is 1.69. The van der Waals surface area contributed by atoms with E-state index in [0.717, 1.165) is 31.8 Å². The van der Waals surface area contributed by atoms with Crippen molar-refractivity contribution in [3.8, 4) is 28.0 Å². The number of hydrogen-bond donors (Lipinski definition) is 0. The van der Waals surface area contributed by atoms with Crippen LogP contribution in [-0.4, -0.2) is 13.2 Å². The molecule has 0 amide bonds. The van der Waals surface area contributed by atoms with Crippen molar-refractivity contribution in [3.63, 3.8) is 0 Å². The van der Waals surface area contributed by atoms with E-state index in [4.69, 9.17) is 9.47 Å². The first kappa shape index (κ1) is 24.1. The molecule has 0 spiro atoms. The Morgan fingerprint density at radius 3 is 1.72 bits per heavy atom. The monoisotopic (exact) mass is 430 g/mol. The van der Waals surface area contributed by atoms with E-state index in [1.165, 1.54) is 53.5 Å². The van der Waals surface area contributed by atoms with Gasteiger partial charge in [0.15, 0.2) is 0 Å². The molecule has 0 aliphatic heterocycles. The second kappa shape index (κ2) is 13.1. The van der Waals surface area contributed by atoms with Crippen molar-refractivity contribution in [2.75, 3.05) is 13.2 Å².